The predicted molar refractivity (Wildman–Crippen MR) is 140 cm³/mol. The molecule has 0 amide bonds. The average molecular weight is 481 g/mol. The van der Waals surface area contributed by atoms with Crippen LogP contribution >= 0.6 is 0 Å². The molecule has 0 aliphatic heterocycles. The van der Waals surface area contributed by atoms with Crippen LogP contribution in [0.25, 0.3) is 0 Å². The zero-order valence-electron chi connectivity index (χ0n) is 20.4. The Balaban J connectivity index is 2.00. The average Bonchev–Trinajstić information content (AvgIpc) is 2.79. The van der Waals surface area contributed by atoms with Gasteiger partial charge in [0.05, 0.1) is 10.6 Å². The third-order valence-electron chi connectivity index (χ3n) is 6.41. The highest BCUT2D eigenvalue weighted by atomic mass is 32.2. The Kier molecular flexibility index (Phi) is 7.99. The van der Waals surface area contributed by atoms with E-state index in [2.05, 4.69) is 83.1 Å². The highest BCUT2D eigenvalue weighted by molar-refractivity contribution is 7.91. The van der Waals surface area contributed by atoms with Crippen molar-refractivity contribution in [2.45, 2.75) is 44.6 Å². The molecular formula is C28H36O3SSi. The maximum absolute atomic E-state index is 13.2. The van der Waals surface area contributed by atoms with Crippen LogP contribution in [0.5, 0.6) is 0 Å². The van der Waals surface area contributed by atoms with Gasteiger partial charge in [-0.05, 0) is 39.4 Å². The second-order valence-corrected chi connectivity index (χ2v) is 16.4. The van der Waals surface area contributed by atoms with Gasteiger partial charge in [0.15, 0.2) is 9.84 Å². The van der Waals surface area contributed by atoms with E-state index in [4.69, 9.17) is 4.43 Å². The van der Waals surface area contributed by atoms with Crippen molar-refractivity contribution in [3.05, 3.63) is 91.0 Å². The molecule has 0 radical (unpaired) electrons. The Hall–Kier alpha value is -2.21. The smallest absolute Gasteiger partial charge is 0.261 e. The topological polar surface area (TPSA) is 43.4 Å². The summed E-state index contributed by atoms with van der Waals surface area (Å²) >= 11 is 0. The van der Waals surface area contributed by atoms with Crippen LogP contribution in [0, 0.1) is 11.8 Å². The van der Waals surface area contributed by atoms with Gasteiger partial charge in [0, 0.05) is 6.61 Å². The molecule has 3 aromatic rings. The fourth-order valence-electron chi connectivity index (χ4n) is 4.43. The molecule has 1 unspecified atom stereocenters. The van der Waals surface area contributed by atoms with Crippen molar-refractivity contribution in [3.8, 4) is 0 Å². The SMILES string of the molecule is CC(C)C(CO[Si](c1ccccc1)(c1ccccc1)C(C)(C)C)CS(=O)(=O)c1ccccc1. The van der Waals surface area contributed by atoms with Crippen molar-refractivity contribution in [1.82, 2.24) is 0 Å². The molecule has 33 heavy (non-hydrogen) atoms. The Morgan fingerprint density at radius 2 is 1.18 bits per heavy atom. The van der Waals surface area contributed by atoms with Gasteiger partial charge in [0.25, 0.3) is 8.32 Å². The Labute approximate surface area is 200 Å². The molecule has 1 atom stereocenters. The zero-order chi connectivity index (χ0) is 24.1. The standard InChI is InChI=1S/C28H36O3SSi/c1-23(2)24(22-32(29,30)25-15-9-6-10-16-25)21-31-33(28(3,4)5,26-17-11-7-12-18-26)27-19-13-8-14-20-27/h6-20,23-24H,21-22H2,1-5H3. The maximum atomic E-state index is 13.2. The molecule has 0 aromatic heterocycles. The van der Waals surface area contributed by atoms with Crippen molar-refractivity contribution >= 4 is 28.5 Å². The Bertz CT molecular complexity index is 1070. The van der Waals surface area contributed by atoms with Gasteiger partial charge in [-0.25, -0.2) is 8.42 Å². The van der Waals surface area contributed by atoms with Gasteiger partial charge in [-0.1, -0.05) is 113 Å². The first kappa shape index (κ1) is 25.4. The van der Waals surface area contributed by atoms with Crippen LogP contribution in [0.2, 0.25) is 5.04 Å². The van der Waals surface area contributed by atoms with Crippen molar-refractivity contribution in [2.75, 3.05) is 12.4 Å². The number of benzene rings is 3. The quantitative estimate of drug-likeness (QED) is 0.390. The molecule has 176 valence electrons. The third-order valence-corrected chi connectivity index (χ3v) is 13.3. The summed E-state index contributed by atoms with van der Waals surface area (Å²) in [6.07, 6.45) is 0. The summed E-state index contributed by atoms with van der Waals surface area (Å²) in [6, 6.07) is 29.7. The molecule has 0 heterocycles. The van der Waals surface area contributed by atoms with E-state index >= 15 is 0 Å². The summed E-state index contributed by atoms with van der Waals surface area (Å²) in [5.41, 5.74) is 0. The van der Waals surface area contributed by atoms with Crippen molar-refractivity contribution in [3.63, 3.8) is 0 Å². The van der Waals surface area contributed by atoms with Gasteiger partial charge >= 0.3 is 0 Å². The minimum Gasteiger partial charge on any atom is -0.407 e. The van der Waals surface area contributed by atoms with Crippen LogP contribution in [0.1, 0.15) is 34.6 Å². The van der Waals surface area contributed by atoms with E-state index in [9.17, 15) is 8.42 Å². The van der Waals surface area contributed by atoms with Crippen molar-refractivity contribution in [2.24, 2.45) is 11.8 Å². The van der Waals surface area contributed by atoms with Crippen LogP contribution in [0.15, 0.2) is 95.9 Å². The van der Waals surface area contributed by atoms with Gasteiger partial charge in [-0.15, -0.1) is 0 Å². The summed E-state index contributed by atoms with van der Waals surface area (Å²) < 4.78 is 33.4. The lowest BCUT2D eigenvalue weighted by molar-refractivity contribution is 0.213. The molecule has 5 heteroatoms. The molecule has 3 nitrogen and oxygen atoms in total. The van der Waals surface area contributed by atoms with Crippen molar-refractivity contribution in [1.29, 1.82) is 0 Å². The molecule has 0 aliphatic carbocycles. The van der Waals surface area contributed by atoms with E-state index in [0.29, 0.717) is 11.5 Å². The first-order chi connectivity index (χ1) is 15.6. The molecule has 3 rings (SSSR count). The Morgan fingerprint density at radius 3 is 1.58 bits per heavy atom. The summed E-state index contributed by atoms with van der Waals surface area (Å²) in [4.78, 5) is 0.376. The van der Waals surface area contributed by atoms with Crippen LogP contribution in [-0.4, -0.2) is 29.1 Å². The van der Waals surface area contributed by atoms with E-state index < -0.39 is 18.2 Å². The molecule has 0 spiro atoms. The minimum absolute atomic E-state index is 0.0763. The van der Waals surface area contributed by atoms with E-state index in [0.717, 1.165) is 0 Å². The van der Waals surface area contributed by atoms with Gasteiger partial charge in [0.1, 0.15) is 0 Å². The summed E-state index contributed by atoms with van der Waals surface area (Å²) in [7, 11) is -6.11. The number of hydrogen-bond acceptors (Lipinski definition) is 3. The van der Waals surface area contributed by atoms with Gasteiger partial charge < -0.3 is 4.43 Å². The molecule has 0 aliphatic rings. The normalized spacial score (nSPS) is 13.8. The van der Waals surface area contributed by atoms with E-state index in [1.54, 1.807) is 24.3 Å². The summed E-state index contributed by atoms with van der Waals surface area (Å²) in [5, 5.41) is 2.27. The molecule has 0 bridgehead atoms. The number of hydrogen-bond donors (Lipinski definition) is 0. The predicted octanol–water partition coefficient (Wildman–Crippen LogP) is 5.31. The molecule has 0 saturated carbocycles. The molecule has 0 fully saturated rings. The fraction of sp³-hybridized carbons (Fsp3) is 0.357. The lowest BCUT2D eigenvalue weighted by Crippen LogP contribution is -2.67. The van der Waals surface area contributed by atoms with Gasteiger partial charge in [-0.2, -0.15) is 0 Å². The molecule has 3 aromatic carbocycles. The highest BCUT2D eigenvalue weighted by Crippen LogP contribution is 2.37. The summed E-state index contributed by atoms with van der Waals surface area (Å²) in [5.74, 6) is 0.130. The van der Waals surface area contributed by atoms with E-state index in [-0.39, 0.29) is 22.6 Å². The van der Waals surface area contributed by atoms with Crippen molar-refractivity contribution < 1.29 is 12.8 Å². The van der Waals surface area contributed by atoms with E-state index in [1.165, 1.54) is 10.4 Å². The van der Waals surface area contributed by atoms with Gasteiger partial charge in [-0.3, -0.25) is 0 Å². The highest BCUT2D eigenvalue weighted by Gasteiger charge is 2.50. The number of sulfone groups is 1. The Morgan fingerprint density at radius 1 is 0.758 bits per heavy atom. The third kappa shape index (κ3) is 5.65. The molecular weight excluding hydrogens is 444 g/mol. The maximum Gasteiger partial charge on any atom is 0.261 e. The second-order valence-electron chi connectivity index (χ2n) is 10.1. The zero-order valence-corrected chi connectivity index (χ0v) is 22.2. The van der Waals surface area contributed by atoms with Crippen LogP contribution in [-0.2, 0) is 14.3 Å². The fourth-order valence-corrected chi connectivity index (χ4v) is 10.9. The van der Waals surface area contributed by atoms with Gasteiger partial charge in [0.2, 0.25) is 0 Å². The first-order valence-electron chi connectivity index (χ1n) is 11.6. The molecule has 0 saturated heterocycles. The lowest BCUT2D eigenvalue weighted by atomic mass is 9.99. The molecule has 0 N–H and O–H groups in total. The first-order valence-corrected chi connectivity index (χ1v) is 15.2. The monoisotopic (exact) mass is 480 g/mol. The van der Waals surface area contributed by atoms with Crippen LogP contribution in [0.4, 0.5) is 0 Å². The largest absolute Gasteiger partial charge is 0.407 e. The van der Waals surface area contributed by atoms with Crippen LogP contribution in [0.3, 0.4) is 0 Å². The second kappa shape index (κ2) is 10.4. The number of rotatable bonds is 9. The lowest BCUT2D eigenvalue weighted by Gasteiger charge is -2.44. The minimum atomic E-state index is -3.40. The van der Waals surface area contributed by atoms with Crippen LogP contribution < -0.4 is 10.4 Å². The summed E-state index contributed by atoms with van der Waals surface area (Å²) in [6.45, 7) is 11.3. The van der Waals surface area contributed by atoms with E-state index in [1.807, 2.05) is 18.2 Å².